The van der Waals surface area contributed by atoms with Crippen LogP contribution in [0.5, 0.6) is 11.5 Å². The van der Waals surface area contributed by atoms with Crippen molar-refractivity contribution in [2.75, 3.05) is 19.1 Å². The van der Waals surface area contributed by atoms with Gasteiger partial charge < -0.3 is 19.8 Å². The quantitative estimate of drug-likeness (QED) is 0.231. The molecule has 0 aliphatic heterocycles. The van der Waals surface area contributed by atoms with E-state index in [1.165, 1.54) is 11.1 Å². The monoisotopic (exact) mass is 438 g/mol. The van der Waals surface area contributed by atoms with E-state index in [9.17, 15) is 8.78 Å². The Bertz CT molecular complexity index is 949. The molecular formula is C21H25ClF2N4O2. The molecule has 30 heavy (non-hydrogen) atoms. The molecule has 0 heterocycles. The minimum absolute atomic E-state index is 0.00156. The lowest BCUT2D eigenvalue weighted by molar-refractivity contribution is -0.0508. The van der Waals surface area contributed by atoms with Gasteiger partial charge in [-0.3, -0.25) is 5.41 Å². The van der Waals surface area contributed by atoms with E-state index in [1.807, 2.05) is 6.92 Å². The van der Waals surface area contributed by atoms with E-state index in [-0.39, 0.29) is 18.1 Å². The molecule has 0 spiro atoms. The van der Waals surface area contributed by atoms with Crippen molar-refractivity contribution in [1.29, 1.82) is 5.41 Å². The molecule has 0 saturated carbocycles. The first-order chi connectivity index (χ1) is 14.1. The topological polar surface area (TPSA) is 83.6 Å². The number of halogens is 3. The molecule has 0 aromatic heterocycles. The predicted octanol–water partition coefficient (Wildman–Crippen LogP) is 4.54. The molecule has 0 radical (unpaired) electrons. The maximum absolute atomic E-state index is 12.8. The lowest BCUT2D eigenvalue weighted by Gasteiger charge is -2.21. The highest BCUT2D eigenvalue weighted by Gasteiger charge is 2.17. The van der Waals surface area contributed by atoms with Gasteiger partial charge in [0.25, 0.3) is 0 Å². The normalized spacial score (nSPS) is 11.8. The highest BCUT2D eigenvalue weighted by molar-refractivity contribution is 6.32. The van der Waals surface area contributed by atoms with Crippen LogP contribution < -0.4 is 25.6 Å². The number of hydrazine groups is 1. The number of anilines is 1. The van der Waals surface area contributed by atoms with Gasteiger partial charge in [0.2, 0.25) is 0 Å². The number of nitrogens with one attached hydrogen (secondary N) is 2. The number of hydrogen-bond donors (Lipinski definition) is 3. The summed E-state index contributed by atoms with van der Waals surface area (Å²) in [5, 5.41) is 12.8. The molecule has 0 atom stereocenters. The number of allylic oxidation sites excluding steroid dienone is 1. The van der Waals surface area contributed by atoms with Gasteiger partial charge in [-0.1, -0.05) is 17.7 Å². The van der Waals surface area contributed by atoms with Gasteiger partial charge in [-0.2, -0.15) is 8.78 Å². The third-order valence-corrected chi connectivity index (χ3v) is 4.94. The maximum Gasteiger partial charge on any atom is 0.387 e. The number of aryl methyl sites for hydroxylation is 1. The molecule has 0 saturated heterocycles. The van der Waals surface area contributed by atoms with Gasteiger partial charge in [-0.05, 0) is 49.7 Å². The van der Waals surface area contributed by atoms with E-state index < -0.39 is 6.61 Å². The van der Waals surface area contributed by atoms with Gasteiger partial charge in [0.05, 0.1) is 17.0 Å². The van der Waals surface area contributed by atoms with E-state index in [4.69, 9.17) is 27.6 Å². The van der Waals surface area contributed by atoms with Crippen LogP contribution in [0, 0.1) is 12.3 Å². The summed E-state index contributed by atoms with van der Waals surface area (Å²) in [5.41, 5.74) is 3.26. The molecule has 6 nitrogen and oxygen atoms in total. The molecule has 162 valence electrons. The molecule has 2 aromatic carbocycles. The fourth-order valence-electron chi connectivity index (χ4n) is 2.87. The van der Waals surface area contributed by atoms with Gasteiger partial charge in [0.1, 0.15) is 23.3 Å². The second-order valence-electron chi connectivity index (χ2n) is 6.58. The molecule has 0 aliphatic rings. The van der Waals surface area contributed by atoms with Gasteiger partial charge in [0.15, 0.2) is 0 Å². The zero-order chi connectivity index (χ0) is 22.4. The lowest BCUT2D eigenvalue weighted by Crippen LogP contribution is -2.27. The summed E-state index contributed by atoms with van der Waals surface area (Å²) in [6, 6.07) is 9.98. The summed E-state index contributed by atoms with van der Waals surface area (Å²) in [6.07, 6.45) is 0. The zero-order valence-corrected chi connectivity index (χ0v) is 18.0. The molecule has 2 aromatic rings. The fraction of sp³-hybridized carbons (Fsp3) is 0.286. The van der Waals surface area contributed by atoms with Crippen LogP contribution in [0.15, 0.2) is 47.1 Å². The van der Waals surface area contributed by atoms with Crippen LogP contribution in [-0.2, 0) is 6.61 Å². The average molecular weight is 439 g/mol. The number of nitrogens with zero attached hydrogens (tertiary/aromatic N) is 1. The van der Waals surface area contributed by atoms with Crippen LogP contribution in [-0.4, -0.2) is 26.4 Å². The number of nitrogens with two attached hydrogens (primary N) is 1. The van der Waals surface area contributed by atoms with Crippen molar-refractivity contribution in [3.63, 3.8) is 0 Å². The Balaban J connectivity index is 2.28. The highest BCUT2D eigenvalue weighted by Crippen LogP contribution is 2.31. The summed E-state index contributed by atoms with van der Waals surface area (Å²) in [7, 11) is 3.28. The third kappa shape index (κ3) is 5.61. The van der Waals surface area contributed by atoms with Crippen molar-refractivity contribution < 1.29 is 18.3 Å². The van der Waals surface area contributed by atoms with Gasteiger partial charge in [-0.25, -0.2) is 5.84 Å². The Morgan fingerprint density at radius 3 is 2.53 bits per heavy atom. The van der Waals surface area contributed by atoms with Crippen molar-refractivity contribution in [2.24, 2.45) is 5.84 Å². The lowest BCUT2D eigenvalue weighted by atomic mass is 10.0. The first kappa shape index (κ1) is 23.4. The average Bonchev–Trinajstić information content (AvgIpc) is 2.71. The molecule has 0 fully saturated rings. The Kier molecular flexibility index (Phi) is 8.02. The maximum atomic E-state index is 12.8. The first-order valence-corrected chi connectivity index (χ1v) is 9.45. The third-order valence-electron chi connectivity index (χ3n) is 4.46. The molecule has 0 bridgehead atoms. The molecule has 0 unspecified atom stereocenters. The van der Waals surface area contributed by atoms with E-state index >= 15 is 0 Å². The largest absolute Gasteiger partial charge is 0.488 e. The van der Waals surface area contributed by atoms with Crippen LogP contribution in [0.25, 0.3) is 0 Å². The van der Waals surface area contributed by atoms with Crippen molar-refractivity contribution in [1.82, 2.24) is 5.32 Å². The molecular weight excluding hydrogens is 414 g/mol. The van der Waals surface area contributed by atoms with Crippen LogP contribution in [0.4, 0.5) is 14.5 Å². The van der Waals surface area contributed by atoms with E-state index in [0.29, 0.717) is 33.3 Å². The number of ether oxygens (including phenoxy) is 2. The summed E-state index contributed by atoms with van der Waals surface area (Å²) < 4.78 is 36.1. The van der Waals surface area contributed by atoms with Crippen molar-refractivity contribution in [3.05, 3.63) is 63.8 Å². The van der Waals surface area contributed by atoms with Crippen molar-refractivity contribution in [3.8, 4) is 11.5 Å². The standard InChI is InChI=1S/C21H25ClF2N4O2/c1-12-10-14(19(25)13(2)20(22)27-3)8-9-17(12)29-11-15-16(28(4)26)6-5-7-18(15)30-21(23)24/h5-10,21,25,27H,11,26H2,1-4H3/b20-13-,25-19?. The van der Waals surface area contributed by atoms with Gasteiger partial charge in [-0.15, -0.1) is 0 Å². The number of benzene rings is 2. The van der Waals surface area contributed by atoms with E-state index in [0.717, 1.165) is 5.56 Å². The van der Waals surface area contributed by atoms with Gasteiger partial charge in [0, 0.05) is 25.2 Å². The highest BCUT2D eigenvalue weighted by atomic mass is 35.5. The van der Waals surface area contributed by atoms with Crippen LogP contribution in [0.3, 0.4) is 0 Å². The second-order valence-corrected chi connectivity index (χ2v) is 6.95. The van der Waals surface area contributed by atoms with Crippen molar-refractivity contribution in [2.45, 2.75) is 27.1 Å². The Labute approximate surface area is 179 Å². The van der Waals surface area contributed by atoms with Crippen LogP contribution in [0.1, 0.15) is 23.6 Å². The van der Waals surface area contributed by atoms with Crippen LogP contribution in [0.2, 0.25) is 0 Å². The minimum Gasteiger partial charge on any atom is -0.488 e. The number of alkyl halides is 2. The second kappa shape index (κ2) is 10.3. The minimum atomic E-state index is -2.96. The fourth-order valence-corrected chi connectivity index (χ4v) is 2.96. The Morgan fingerprint density at radius 1 is 1.27 bits per heavy atom. The van der Waals surface area contributed by atoms with Crippen molar-refractivity contribution >= 4 is 23.0 Å². The Hall–Kier alpha value is -2.84. The smallest absolute Gasteiger partial charge is 0.387 e. The first-order valence-electron chi connectivity index (χ1n) is 9.07. The molecule has 0 amide bonds. The summed E-state index contributed by atoms with van der Waals surface area (Å²) in [6.45, 7) is 0.602. The summed E-state index contributed by atoms with van der Waals surface area (Å²) in [4.78, 5) is 0. The van der Waals surface area contributed by atoms with E-state index in [1.54, 1.807) is 51.4 Å². The molecule has 0 aliphatic carbocycles. The molecule has 2 rings (SSSR count). The number of rotatable bonds is 9. The van der Waals surface area contributed by atoms with Gasteiger partial charge >= 0.3 is 6.61 Å². The number of hydrogen-bond acceptors (Lipinski definition) is 6. The van der Waals surface area contributed by atoms with Crippen LogP contribution >= 0.6 is 11.6 Å². The summed E-state index contributed by atoms with van der Waals surface area (Å²) in [5.74, 6) is 6.37. The Morgan fingerprint density at radius 2 is 1.97 bits per heavy atom. The zero-order valence-electron chi connectivity index (χ0n) is 17.2. The molecule has 4 N–H and O–H groups in total. The SMILES string of the molecule is CN/C(Cl)=C(/C)C(=N)c1ccc(OCc2c(OC(F)F)cccc2N(C)N)c(C)c1. The molecule has 9 heteroatoms. The van der Waals surface area contributed by atoms with E-state index in [2.05, 4.69) is 10.1 Å². The summed E-state index contributed by atoms with van der Waals surface area (Å²) >= 11 is 6.06. The predicted molar refractivity (Wildman–Crippen MR) is 116 cm³/mol.